The van der Waals surface area contributed by atoms with Crippen molar-refractivity contribution in [3.8, 4) is 0 Å². The van der Waals surface area contributed by atoms with E-state index in [1.165, 1.54) is 5.56 Å². The highest BCUT2D eigenvalue weighted by Gasteiger charge is 2.21. The third-order valence-corrected chi connectivity index (χ3v) is 5.17. The van der Waals surface area contributed by atoms with Crippen LogP contribution in [-0.2, 0) is 5.41 Å². The van der Waals surface area contributed by atoms with Gasteiger partial charge >= 0.3 is 0 Å². The molecule has 0 radical (unpaired) electrons. The summed E-state index contributed by atoms with van der Waals surface area (Å²) in [6.45, 7) is 9.64. The number of benzene rings is 2. The lowest BCUT2D eigenvalue weighted by atomic mass is 9.87. The average Bonchev–Trinajstić information content (AvgIpc) is 2.68. The van der Waals surface area contributed by atoms with Crippen molar-refractivity contribution in [2.75, 3.05) is 38.5 Å². The standard InChI is InChI=1S/C23H29N3O2/c1-23(2,3)19-8-10-20(11-9-19)24-21(27)17-6-5-7-18(16-17)22(28)26-14-12-25(4)13-15-26/h5-11,16H,12-15H2,1-4H3,(H,24,27). The molecule has 2 amide bonds. The molecule has 1 saturated heterocycles. The first kappa shape index (κ1) is 20.1. The van der Waals surface area contributed by atoms with Crippen molar-refractivity contribution in [1.82, 2.24) is 9.80 Å². The molecule has 1 aliphatic heterocycles. The number of hydrogen-bond acceptors (Lipinski definition) is 3. The summed E-state index contributed by atoms with van der Waals surface area (Å²) in [7, 11) is 2.06. The Kier molecular flexibility index (Phi) is 5.84. The van der Waals surface area contributed by atoms with Crippen LogP contribution in [0.5, 0.6) is 0 Å². The minimum Gasteiger partial charge on any atom is -0.336 e. The molecule has 0 unspecified atom stereocenters. The largest absolute Gasteiger partial charge is 0.336 e. The summed E-state index contributed by atoms with van der Waals surface area (Å²) >= 11 is 0. The Morgan fingerprint density at radius 2 is 1.50 bits per heavy atom. The Morgan fingerprint density at radius 1 is 0.893 bits per heavy atom. The Hall–Kier alpha value is -2.66. The van der Waals surface area contributed by atoms with Gasteiger partial charge in [0.25, 0.3) is 11.8 Å². The van der Waals surface area contributed by atoms with E-state index in [0.717, 1.165) is 18.8 Å². The molecule has 0 bridgehead atoms. The van der Waals surface area contributed by atoms with E-state index in [4.69, 9.17) is 0 Å². The van der Waals surface area contributed by atoms with Gasteiger partial charge in [0.2, 0.25) is 0 Å². The topological polar surface area (TPSA) is 52.7 Å². The highest BCUT2D eigenvalue weighted by atomic mass is 16.2. The molecule has 1 fully saturated rings. The van der Waals surface area contributed by atoms with Crippen molar-refractivity contribution in [1.29, 1.82) is 0 Å². The molecule has 0 atom stereocenters. The predicted molar refractivity (Wildman–Crippen MR) is 113 cm³/mol. The Labute approximate surface area is 167 Å². The van der Waals surface area contributed by atoms with Crippen LogP contribution in [0.1, 0.15) is 47.1 Å². The summed E-state index contributed by atoms with van der Waals surface area (Å²) in [6, 6.07) is 14.8. The average molecular weight is 380 g/mol. The fourth-order valence-corrected chi connectivity index (χ4v) is 3.24. The van der Waals surface area contributed by atoms with Crippen LogP contribution in [0.3, 0.4) is 0 Å². The van der Waals surface area contributed by atoms with Gasteiger partial charge < -0.3 is 15.1 Å². The van der Waals surface area contributed by atoms with Gasteiger partial charge in [-0.2, -0.15) is 0 Å². The van der Waals surface area contributed by atoms with E-state index < -0.39 is 0 Å². The molecule has 2 aromatic rings. The number of rotatable bonds is 3. The van der Waals surface area contributed by atoms with Crippen LogP contribution in [0, 0.1) is 0 Å². The molecule has 148 valence electrons. The Bertz CT molecular complexity index is 845. The first-order valence-corrected chi connectivity index (χ1v) is 9.74. The number of hydrogen-bond donors (Lipinski definition) is 1. The number of likely N-dealkylation sites (N-methyl/N-ethyl adjacent to an activating group) is 1. The highest BCUT2D eigenvalue weighted by molar-refractivity contribution is 6.06. The van der Waals surface area contributed by atoms with Gasteiger partial charge in [0.05, 0.1) is 0 Å². The second-order valence-electron chi connectivity index (χ2n) is 8.46. The van der Waals surface area contributed by atoms with Crippen LogP contribution in [0.25, 0.3) is 0 Å². The molecule has 0 saturated carbocycles. The zero-order valence-electron chi connectivity index (χ0n) is 17.2. The van der Waals surface area contributed by atoms with Crippen LogP contribution in [0.4, 0.5) is 5.69 Å². The molecule has 3 rings (SSSR count). The van der Waals surface area contributed by atoms with E-state index in [2.05, 4.69) is 38.0 Å². The van der Waals surface area contributed by atoms with E-state index >= 15 is 0 Å². The second kappa shape index (κ2) is 8.15. The number of nitrogens with zero attached hydrogens (tertiary/aromatic N) is 2. The molecule has 1 heterocycles. The van der Waals surface area contributed by atoms with E-state index in [1.807, 2.05) is 29.2 Å². The lowest BCUT2D eigenvalue weighted by molar-refractivity contribution is 0.0664. The Balaban J connectivity index is 1.69. The quantitative estimate of drug-likeness (QED) is 0.886. The fourth-order valence-electron chi connectivity index (χ4n) is 3.24. The first-order chi connectivity index (χ1) is 13.2. The number of carbonyl (C=O) groups excluding carboxylic acids is 2. The molecule has 0 aliphatic carbocycles. The van der Waals surface area contributed by atoms with E-state index in [0.29, 0.717) is 24.2 Å². The zero-order chi connectivity index (χ0) is 20.3. The maximum atomic E-state index is 12.7. The van der Waals surface area contributed by atoms with Gasteiger partial charge in [-0.3, -0.25) is 9.59 Å². The van der Waals surface area contributed by atoms with Crippen LogP contribution < -0.4 is 5.32 Å². The summed E-state index contributed by atoms with van der Waals surface area (Å²) in [5, 5.41) is 2.92. The molecule has 5 nitrogen and oxygen atoms in total. The number of nitrogens with one attached hydrogen (secondary N) is 1. The number of anilines is 1. The highest BCUT2D eigenvalue weighted by Crippen LogP contribution is 2.23. The lowest BCUT2D eigenvalue weighted by Gasteiger charge is -2.32. The van der Waals surface area contributed by atoms with Crippen molar-refractivity contribution >= 4 is 17.5 Å². The summed E-state index contributed by atoms with van der Waals surface area (Å²) in [5.74, 6) is -0.228. The second-order valence-corrected chi connectivity index (χ2v) is 8.46. The lowest BCUT2D eigenvalue weighted by Crippen LogP contribution is -2.47. The summed E-state index contributed by atoms with van der Waals surface area (Å²) in [4.78, 5) is 29.5. The maximum Gasteiger partial charge on any atom is 0.255 e. The van der Waals surface area contributed by atoms with Crippen molar-refractivity contribution in [2.45, 2.75) is 26.2 Å². The first-order valence-electron chi connectivity index (χ1n) is 9.74. The van der Waals surface area contributed by atoms with Crippen LogP contribution >= 0.6 is 0 Å². The van der Waals surface area contributed by atoms with Crippen LogP contribution in [0.2, 0.25) is 0 Å². The third kappa shape index (κ3) is 4.78. The fraction of sp³-hybridized carbons (Fsp3) is 0.391. The molecule has 1 N–H and O–H groups in total. The smallest absolute Gasteiger partial charge is 0.255 e. The predicted octanol–water partition coefficient (Wildman–Crippen LogP) is 3.62. The maximum absolute atomic E-state index is 12.7. The molecular weight excluding hydrogens is 350 g/mol. The minimum absolute atomic E-state index is 0.0164. The molecule has 2 aromatic carbocycles. The van der Waals surface area contributed by atoms with Crippen molar-refractivity contribution < 1.29 is 9.59 Å². The van der Waals surface area contributed by atoms with Gasteiger partial charge in [0.1, 0.15) is 0 Å². The van der Waals surface area contributed by atoms with Crippen LogP contribution in [-0.4, -0.2) is 54.8 Å². The van der Waals surface area contributed by atoms with Crippen molar-refractivity contribution in [3.63, 3.8) is 0 Å². The van der Waals surface area contributed by atoms with Gasteiger partial charge in [-0.05, 0) is 48.4 Å². The molecule has 1 aliphatic rings. The number of carbonyl (C=O) groups is 2. The van der Waals surface area contributed by atoms with Gasteiger partial charge in [-0.1, -0.05) is 39.0 Å². The molecule has 28 heavy (non-hydrogen) atoms. The number of piperazine rings is 1. The monoisotopic (exact) mass is 379 g/mol. The molecule has 0 spiro atoms. The minimum atomic E-state index is -0.212. The van der Waals surface area contributed by atoms with Gasteiger partial charge in [-0.15, -0.1) is 0 Å². The molecule has 0 aromatic heterocycles. The molecular formula is C23H29N3O2. The van der Waals surface area contributed by atoms with Crippen molar-refractivity contribution in [3.05, 3.63) is 65.2 Å². The van der Waals surface area contributed by atoms with Crippen LogP contribution in [0.15, 0.2) is 48.5 Å². The van der Waals surface area contributed by atoms with E-state index in [1.54, 1.807) is 24.3 Å². The summed E-state index contributed by atoms with van der Waals surface area (Å²) in [5.41, 5.74) is 3.07. The van der Waals surface area contributed by atoms with E-state index in [-0.39, 0.29) is 17.2 Å². The van der Waals surface area contributed by atoms with E-state index in [9.17, 15) is 9.59 Å². The summed E-state index contributed by atoms with van der Waals surface area (Å²) in [6.07, 6.45) is 0. The SMILES string of the molecule is CN1CCN(C(=O)c2cccc(C(=O)Nc3ccc(C(C)(C)C)cc3)c2)CC1. The van der Waals surface area contributed by atoms with Gasteiger partial charge in [-0.25, -0.2) is 0 Å². The third-order valence-electron chi connectivity index (χ3n) is 5.17. The van der Waals surface area contributed by atoms with Gasteiger partial charge in [0, 0.05) is 43.0 Å². The van der Waals surface area contributed by atoms with Gasteiger partial charge in [0.15, 0.2) is 0 Å². The van der Waals surface area contributed by atoms with Crippen molar-refractivity contribution in [2.24, 2.45) is 0 Å². The summed E-state index contributed by atoms with van der Waals surface area (Å²) < 4.78 is 0. The zero-order valence-corrected chi connectivity index (χ0v) is 17.2. The molecule has 5 heteroatoms. The normalized spacial score (nSPS) is 15.4. The Morgan fingerprint density at radius 3 is 2.11 bits per heavy atom. The number of amides is 2.